The molecule has 32 heavy (non-hydrogen) atoms. The number of anilines is 1. The Labute approximate surface area is 194 Å². The highest BCUT2D eigenvalue weighted by molar-refractivity contribution is 7.89. The van der Waals surface area contributed by atoms with Crippen LogP contribution in [0.4, 0.5) is 5.69 Å². The van der Waals surface area contributed by atoms with Crippen molar-refractivity contribution < 1.29 is 13.2 Å². The van der Waals surface area contributed by atoms with Gasteiger partial charge in [0.25, 0.3) is 0 Å². The van der Waals surface area contributed by atoms with Crippen LogP contribution in [0.15, 0.2) is 77.7 Å². The van der Waals surface area contributed by atoms with E-state index in [-0.39, 0.29) is 29.9 Å². The summed E-state index contributed by atoms with van der Waals surface area (Å²) in [6.07, 6.45) is 0.747. The number of carbonyl (C=O) groups is 1. The topological polar surface area (TPSA) is 57.7 Å². The molecule has 7 heteroatoms. The van der Waals surface area contributed by atoms with Gasteiger partial charge in [-0.1, -0.05) is 65.7 Å². The summed E-state index contributed by atoms with van der Waals surface area (Å²) in [5.74, 6) is -0.259. The van der Waals surface area contributed by atoms with Crippen LogP contribution in [0.5, 0.6) is 0 Å². The minimum atomic E-state index is -3.93. The fraction of sp³-hybridized carbons (Fsp3) is 0.240. The highest BCUT2D eigenvalue weighted by Crippen LogP contribution is 2.32. The largest absolute Gasteiger partial charge is 0.308 e. The quantitative estimate of drug-likeness (QED) is 0.521. The van der Waals surface area contributed by atoms with E-state index in [0.717, 1.165) is 23.2 Å². The van der Waals surface area contributed by atoms with Gasteiger partial charge in [0.1, 0.15) is 0 Å². The number of benzene rings is 3. The van der Waals surface area contributed by atoms with Crippen molar-refractivity contribution in [2.45, 2.75) is 37.8 Å². The summed E-state index contributed by atoms with van der Waals surface area (Å²) in [5, 5.41) is 0.462. The predicted molar refractivity (Wildman–Crippen MR) is 127 cm³/mol. The first kappa shape index (κ1) is 22.5. The second-order valence-electron chi connectivity index (χ2n) is 8.12. The van der Waals surface area contributed by atoms with Crippen LogP contribution in [-0.2, 0) is 27.8 Å². The number of sulfonamides is 1. The van der Waals surface area contributed by atoms with Crippen LogP contribution in [0.3, 0.4) is 0 Å². The van der Waals surface area contributed by atoms with Crippen molar-refractivity contribution in [2.75, 3.05) is 11.4 Å². The summed E-state index contributed by atoms with van der Waals surface area (Å²) < 4.78 is 28.3. The highest BCUT2D eigenvalue weighted by atomic mass is 35.5. The Bertz CT molecular complexity index is 1240. The van der Waals surface area contributed by atoms with E-state index in [1.54, 1.807) is 53.4 Å². The molecule has 166 valence electrons. The van der Waals surface area contributed by atoms with Crippen LogP contribution >= 0.6 is 11.6 Å². The molecular formula is C25H25ClN2O3S. The fourth-order valence-corrected chi connectivity index (χ4v) is 5.64. The molecule has 1 heterocycles. The van der Waals surface area contributed by atoms with Gasteiger partial charge in [0.2, 0.25) is 15.9 Å². The van der Waals surface area contributed by atoms with E-state index in [1.807, 2.05) is 38.1 Å². The van der Waals surface area contributed by atoms with Crippen molar-refractivity contribution in [1.29, 1.82) is 0 Å². The van der Waals surface area contributed by atoms with Gasteiger partial charge < -0.3 is 4.90 Å². The molecule has 4 rings (SSSR count). The van der Waals surface area contributed by atoms with Gasteiger partial charge in [-0.05, 0) is 55.7 Å². The van der Waals surface area contributed by atoms with Crippen molar-refractivity contribution in [3.63, 3.8) is 0 Å². The first-order valence-electron chi connectivity index (χ1n) is 10.5. The number of rotatable bonds is 6. The second-order valence-corrected chi connectivity index (χ2v) is 10.5. The molecule has 5 nitrogen and oxygen atoms in total. The SMILES string of the molecule is Cc1ccc(S(=O)(=O)N(CC(=O)N2c3ccccc3C[C@@H]2C)Cc2ccccc2Cl)cc1. The molecule has 3 aromatic carbocycles. The fourth-order valence-electron chi connectivity index (χ4n) is 4.07. The van der Waals surface area contributed by atoms with E-state index in [4.69, 9.17) is 11.6 Å². The molecule has 1 aliphatic heterocycles. The zero-order valence-electron chi connectivity index (χ0n) is 18.0. The number of para-hydroxylation sites is 1. The predicted octanol–water partition coefficient (Wildman–Crippen LogP) is 4.82. The van der Waals surface area contributed by atoms with Crippen LogP contribution in [0.2, 0.25) is 5.02 Å². The third-order valence-corrected chi connectivity index (χ3v) is 7.93. The Morgan fingerprint density at radius 1 is 1.03 bits per heavy atom. The average Bonchev–Trinajstić information content (AvgIpc) is 3.10. The van der Waals surface area contributed by atoms with Crippen molar-refractivity contribution in [3.05, 3.63) is 94.5 Å². The Hall–Kier alpha value is -2.67. The average molecular weight is 469 g/mol. The van der Waals surface area contributed by atoms with E-state index >= 15 is 0 Å². The molecule has 0 saturated heterocycles. The normalized spacial score (nSPS) is 15.8. The molecule has 1 atom stereocenters. The number of carbonyl (C=O) groups excluding carboxylic acids is 1. The lowest BCUT2D eigenvalue weighted by Gasteiger charge is -2.28. The maximum atomic E-state index is 13.5. The van der Waals surface area contributed by atoms with Crippen molar-refractivity contribution in [3.8, 4) is 0 Å². The lowest BCUT2D eigenvalue weighted by atomic mass is 10.1. The summed E-state index contributed by atoms with van der Waals surface area (Å²) in [6.45, 7) is 3.60. The van der Waals surface area contributed by atoms with E-state index < -0.39 is 10.0 Å². The maximum absolute atomic E-state index is 13.5. The molecule has 0 radical (unpaired) electrons. The van der Waals surface area contributed by atoms with Gasteiger partial charge in [0.15, 0.2) is 0 Å². The Kier molecular flexibility index (Phi) is 6.38. The first-order chi connectivity index (χ1) is 15.3. The molecule has 0 spiro atoms. The summed E-state index contributed by atoms with van der Waals surface area (Å²) in [5.41, 5.74) is 3.54. The van der Waals surface area contributed by atoms with E-state index in [2.05, 4.69) is 0 Å². The van der Waals surface area contributed by atoms with Crippen LogP contribution in [-0.4, -0.2) is 31.2 Å². The minimum Gasteiger partial charge on any atom is -0.308 e. The molecule has 0 N–H and O–H groups in total. The molecule has 1 aliphatic rings. The molecule has 3 aromatic rings. The Balaban J connectivity index is 1.69. The summed E-state index contributed by atoms with van der Waals surface area (Å²) in [6, 6.07) is 21.4. The standard InChI is InChI=1S/C25H25ClN2O3S/c1-18-11-13-22(14-12-18)32(30,31)27(16-21-8-3-5-9-23(21)26)17-25(29)28-19(2)15-20-7-4-6-10-24(20)28/h3-14,19H,15-17H2,1-2H3/t19-/m0/s1. The third kappa shape index (κ3) is 4.44. The number of fused-ring (bicyclic) bond motifs is 1. The second kappa shape index (κ2) is 9.06. The number of nitrogens with zero attached hydrogens (tertiary/aromatic N) is 2. The van der Waals surface area contributed by atoms with Gasteiger partial charge in [-0.2, -0.15) is 4.31 Å². The molecule has 0 bridgehead atoms. The molecule has 0 aliphatic carbocycles. The Morgan fingerprint density at radius 3 is 2.41 bits per heavy atom. The number of halogens is 1. The number of amides is 1. The molecule has 0 aromatic heterocycles. The highest BCUT2D eigenvalue weighted by Gasteiger charge is 2.34. The van der Waals surface area contributed by atoms with Gasteiger partial charge >= 0.3 is 0 Å². The molecule has 0 saturated carbocycles. The maximum Gasteiger partial charge on any atom is 0.243 e. The molecule has 1 amide bonds. The minimum absolute atomic E-state index is 0.00545. The smallest absolute Gasteiger partial charge is 0.243 e. The third-order valence-electron chi connectivity index (χ3n) is 5.75. The van der Waals surface area contributed by atoms with E-state index in [0.29, 0.717) is 10.6 Å². The zero-order chi connectivity index (χ0) is 22.9. The Morgan fingerprint density at radius 2 is 1.69 bits per heavy atom. The van der Waals surface area contributed by atoms with Crippen molar-refractivity contribution in [2.24, 2.45) is 0 Å². The van der Waals surface area contributed by atoms with Crippen LogP contribution < -0.4 is 4.90 Å². The van der Waals surface area contributed by atoms with Crippen LogP contribution in [0.1, 0.15) is 23.6 Å². The number of hydrogen-bond acceptors (Lipinski definition) is 3. The molecule has 0 fully saturated rings. The summed E-state index contributed by atoms with van der Waals surface area (Å²) in [4.78, 5) is 15.3. The van der Waals surface area contributed by atoms with Crippen molar-refractivity contribution in [1.82, 2.24) is 4.31 Å². The van der Waals surface area contributed by atoms with Gasteiger partial charge in [0, 0.05) is 23.3 Å². The lowest BCUT2D eigenvalue weighted by Crippen LogP contribution is -2.44. The zero-order valence-corrected chi connectivity index (χ0v) is 19.6. The van der Waals surface area contributed by atoms with Gasteiger partial charge in [-0.25, -0.2) is 8.42 Å². The van der Waals surface area contributed by atoms with Gasteiger partial charge in [-0.3, -0.25) is 4.79 Å². The summed E-state index contributed by atoms with van der Waals surface area (Å²) >= 11 is 6.32. The van der Waals surface area contributed by atoms with E-state index in [9.17, 15) is 13.2 Å². The van der Waals surface area contributed by atoms with Crippen LogP contribution in [0, 0.1) is 6.92 Å². The van der Waals surface area contributed by atoms with E-state index in [1.165, 1.54) is 4.31 Å². The number of aryl methyl sites for hydroxylation is 1. The first-order valence-corrected chi connectivity index (χ1v) is 12.3. The molecule has 0 unspecified atom stereocenters. The van der Waals surface area contributed by atoms with Crippen LogP contribution in [0.25, 0.3) is 0 Å². The summed E-state index contributed by atoms with van der Waals surface area (Å²) in [7, 11) is -3.93. The lowest BCUT2D eigenvalue weighted by molar-refractivity contribution is -0.119. The monoisotopic (exact) mass is 468 g/mol. The van der Waals surface area contributed by atoms with Crippen molar-refractivity contribution >= 4 is 33.2 Å². The van der Waals surface area contributed by atoms with Gasteiger partial charge in [-0.15, -0.1) is 0 Å². The number of hydrogen-bond donors (Lipinski definition) is 0. The van der Waals surface area contributed by atoms with Gasteiger partial charge in [0.05, 0.1) is 11.4 Å². The molecular weight excluding hydrogens is 444 g/mol.